The molecule has 0 unspecified atom stereocenters. The summed E-state index contributed by atoms with van der Waals surface area (Å²) < 4.78 is 15.3. The number of anilines is 1. The van der Waals surface area contributed by atoms with Gasteiger partial charge >= 0.3 is 0 Å². The van der Waals surface area contributed by atoms with Gasteiger partial charge in [0.15, 0.2) is 0 Å². The lowest BCUT2D eigenvalue weighted by molar-refractivity contribution is -0.116. The molecule has 3 nitrogen and oxygen atoms in total. The van der Waals surface area contributed by atoms with E-state index in [1.54, 1.807) is 6.07 Å². The number of nitrogens with zero attached hydrogens (tertiary/aromatic N) is 1. The standard InChI is InChI=1S/C22H19FN2O/c23-18-10-11-21-17(15-18)12-14-25(21)13-4-9-22(26)24-20-8-3-6-16-5-1-2-7-19(16)20/h1-3,5-8,10-12,14-15H,4,9,13H2,(H,24,26). The molecule has 4 rings (SSSR count). The molecule has 0 spiro atoms. The first-order valence-corrected chi connectivity index (χ1v) is 8.73. The molecule has 0 aliphatic rings. The molecular formula is C22H19FN2O. The molecule has 0 aliphatic heterocycles. The van der Waals surface area contributed by atoms with Gasteiger partial charge in [-0.3, -0.25) is 4.79 Å². The van der Waals surface area contributed by atoms with E-state index in [2.05, 4.69) is 9.88 Å². The zero-order chi connectivity index (χ0) is 17.9. The van der Waals surface area contributed by atoms with Crippen LogP contribution in [0, 0.1) is 5.82 Å². The molecule has 0 saturated carbocycles. The molecule has 0 saturated heterocycles. The molecule has 130 valence electrons. The van der Waals surface area contributed by atoms with E-state index in [-0.39, 0.29) is 11.7 Å². The highest BCUT2D eigenvalue weighted by Gasteiger charge is 2.07. The second kappa shape index (κ2) is 7.00. The van der Waals surface area contributed by atoms with Gasteiger partial charge in [-0.2, -0.15) is 0 Å². The van der Waals surface area contributed by atoms with Crippen LogP contribution in [-0.4, -0.2) is 10.5 Å². The van der Waals surface area contributed by atoms with Gasteiger partial charge in [0.25, 0.3) is 0 Å². The first-order chi connectivity index (χ1) is 12.7. The Morgan fingerprint density at radius 1 is 0.962 bits per heavy atom. The van der Waals surface area contributed by atoms with Crippen molar-refractivity contribution in [1.29, 1.82) is 0 Å². The van der Waals surface area contributed by atoms with Crippen LogP contribution in [0.25, 0.3) is 21.7 Å². The van der Waals surface area contributed by atoms with Gasteiger partial charge in [0, 0.05) is 41.1 Å². The number of fused-ring (bicyclic) bond motifs is 2. The van der Waals surface area contributed by atoms with Crippen molar-refractivity contribution in [3.63, 3.8) is 0 Å². The summed E-state index contributed by atoms with van der Waals surface area (Å²) >= 11 is 0. The fourth-order valence-corrected chi connectivity index (χ4v) is 3.32. The summed E-state index contributed by atoms with van der Waals surface area (Å²) in [5, 5.41) is 6.04. The first-order valence-electron chi connectivity index (χ1n) is 8.73. The highest BCUT2D eigenvalue weighted by Crippen LogP contribution is 2.23. The number of aromatic nitrogens is 1. The van der Waals surface area contributed by atoms with E-state index in [9.17, 15) is 9.18 Å². The van der Waals surface area contributed by atoms with Crippen LogP contribution in [0.1, 0.15) is 12.8 Å². The summed E-state index contributed by atoms with van der Waals surface area (Å²) in [6, 6.07) is 20.6. The van der Waals surface area contributed by atoms with Crippen molar-refractivity contribution < 1.29 is 9.18 Å². The smallest absolute Gasteiger partial charge is 0.224 e. The minimum Gasteiger partial charge on any atom is -0.347 e. The van der Waals surface area contributed by atoms with Gasteiger partial charge in [-0.1, -0.05) is 36.4 Å². The predicted molar refractivity (Wildman–Crippen MR) is 104 cm³/mol. The number of nitrogens with one attached hydrogen (secondary N) is 1. The third kappa shape index (κ3) is 3.31. The summed E-state index contributed by atoms with van der Waals surface area (Å²) in [7, 11) is 0. The van der Waals surface area contributed by atoms with E-state index in [1.807, 2.05) is 54.7 Å². The van der Waals surface area contributed by atoms with Crippen molar-refractivity contribution in [1.82, 2.24) is 4.57 Å². The number of hydrogen-bond donors (Lipinski definition) is 1. The van der Waals surface area contributed by atoms with E-state index < -0.39 is 0 Å². The van der Waals surface area contributed by atoms with E-state index in [0.717, 1.165) is 40.3 Å². The Balaban J connectivity index is 1.39. The first kappa shape index (κ1) is 16.3. The molecule has 4 heteroatoms. The van der Waals surface area contributed by atoms with Gasteiger partial charge < -0.3 is 9.88 Å². The highest BCUT2D eigenvalue weighted by molar-refractivity contribution is 6.02. The third-order valence-corrected chi connectivity index (χ3v) is 4.60. The number of benzene rings is 3. The van der Waals surface area contributed by atoms with Crippen molar-refractivity contribution >= 4 is 33.3 Å². The fraction of sp³-hybridized carbons (Fsp3) is 0.136. The lowest BCUT2D eigenvalue weighted by Crippen LogP contribution is -2.12. The zero-order valence-electron chi connectivity index (χ0n) is 14.3. The molecule has 1 amide bonds. The Morgan fingerprint density at radius 2 is 1.81 bits per heavy atom. The molecule has 4 aromatic rings. The number of amides is 1. The van der Waals surface area contributed by atoms with Gasteiger partial charge in [-0.15, -0.1) is 0 Å². The number of carbonyl (C=O) groups is 1. The third-order valence-electron chi connectivity index (χ3n) is 4.60. The van der Waals surface area contributed by atoms with E-state index in [0.29, 0.717) is 6.42 Å². The summed E-state index contributed by atoms with van der Waals surface area (Å²) in [5.41, 5.74) is 1.83. The lowest BCUT2D eigenvalue weighted by Gasteiger charge is -2.09. The van der Waals surface area contributed by atoms with E-state index >= 15 is 0 Å². The molecule has 0 fully saturated rings. The highest BCUT2D eigenvalue weighted by atomic mass is 19.1. The van der Waals surface area contributed by atoms with Crippen LogP contribution in [0.5, 0.6) is 0 Å². The van der Waals surface area contributed by atoms with Crippen LogP contribution in [0.2, 0.25) is 0 Å². The summed E-state index contributed by atoms with van der Waals surface area (Å²) in [4.78, 5) is 12.3. The summed E-state index contributed by atoms with van der Waals surface area (Å²) in [6.07, 6.45) is 3.09. The maximum atomic E-state index is 13.3. The quantitative estimate of drug-likeness (QED) is 0.519. The normalized spacial score (nSPS) is 11.1. The summed E-state index contributed by atoms with van der Waals surface area (Å²) in [6.45, 7) is 0.720. The van der Waals surface area contributed by atoms with Crippen molar-refractivity contribution in [2.45, 2.75) is 19.4 Å². The molecule has 3 aromatic carbocycles. The second-order valence-corrected chi connectivity index (χ2v) is 6.39. The molecular weight excluding hydrogens is 327 g/mol. The maximum Gasteiger partial charge on any atom is 0.224 e. The van der Waals surface area contributed by atoms with Crippen LogP contribution in [0.4, 0.5) is 10.1 Å². The predicted octanol–water partition coefficient (Wildman–Crippen LogP) is 5.35. The van der Waals surface area contributed by atoms with Crippen molar-refractivity contribution in [2.24, 2.45) is 0 Å². The largest absolute Gasteiger partial charge is 0.347 e. The van der Waals surface area contributed by atoms with Crippen molar-refractivity contribution in [3.05, 3.63) is 78.7 Å². The SMILES string of the molecule is O=C(CCCn1ccc2cc(F)ccc21)Nc1cccc2ccccc12. The number of halogens is 1. The number of hydrogen-bond acceptors (Lipinski definition) is 1. The second-order valence-electron chi connectivity index (χ2n) is 6.39. The van der Waals surface area contributed by atoms with Crippen molar-refractivity contribution in [2.75, 3.05) is 5.32 Å². The Bertz CT molecular complexity index is 1080. The average Bonchev–Trinajstić information content (AvgIpc) is 3.04. The number of rotatable bonds is 5. The van der Waals surface area contributed by atoms with Crippen LogP contribution in [-0.2, 0) is 11.3 Å². The van der Waals surface area contributed by atoms with E-state index in [1.165, 1.54) is 12.1 Å². The van der Waals surface area contributed by atoms with Gasteiger partial charge in [0.05, 0.1) is 0 Å². The Hall–Kier alpha value is -3.14. The van der Waals surface area contributed by atoms with Crippen LogP contribution in [0.3, 0.4) is 0 Å². The van der Waals surface area contributed by atoms with Gasteiger partial charge in [-0.25, -0.2) is 4.39 Å². The van der Waals surface area contributed by atoms with Gasteiger partial charge in [0.2, 0.25) is 5.91 Å². The Kier molecular flexibility index (Phi) is 4.40. The maximum absolute atomic E-state index is 13.3. The molecule has 0 radical (unpaired) electrons. The zero-order valence-corrected chi connectivity index (χ0v) is 14.3. The van der Waals surface area contributed by atoms with Gasteiger partial charge in [-0.05, 0) is 42.1 Å². The molecule has 0 bridgehead atoms. The Morgan fingerprint density at radius 3 is 2.73 bits per heavy atom. The van der Waals surface area contributed by atoms with Crippen LogP contribution in [0.15, 0.2) is 72.9 Å². The average molecular weight is 346 g/mol. The molecule has 0 atom stereocenters. The van der Waals surface area contributed by atoms with Crippen LogP contribution < -0.4 is 5.32 Å². The van der Waals surface area contributed by atoms with E-state index in [4.69, 9.17) is 0 Å². The number of carbonyl (C=O) groups excluding carboxylic acids is 1. The Labute approximate surface area is 151 Å². The lowest BCUT2D eigenvalue weighted by atomic mass is 10.1. The molecule has 1 aromatic heterocycles. The molecule has 0 aliphatic carbocycles. The minimum absolute atomic E-state index is 0.00357. The topological polar surface area (TPSA) is 34.0 Å². The monoisotopic (exact) mass is 346 g/mol. The molecule has 1 N–H and O–H groups in total. The van der Waals surface area contributed by atoms with Crippen LogP contribution >= 0.6 is 0 Å². The molecule has 1 heterocycles. The fourth-order valence-electron chi connectivity index (χ4n) is 3.32. The molecule has 26 heavy (non-hydrogen) atoms. The van der Waals surface area contributed by atoms with Crippen molar-refractivity contribution in [3.8, 4) is 0 Å². The number of aryl methyl sites for hydroxylation is 1. The van der Waals surface area contributed by atoms with Gasteiger partial charge in [0.1, 0.15) is 5.82 Å². The minimum atomic E-state index is -0.232. The summed E-state index contributed by atoms with van der Waals surface area (Å²) in [5.74, 6) is -0.228.